The van der Waals surface area contributed by atoms with Crippen LogP contribution in [0.15, 0.2) is 58.3 Å². The number of benzene rings is 2. The third-order valence-electron chi connectivity index (χ3n) is 3.31. The average Bonchev–Trinajstić information content (AvgIpc) is 2.66. The lowest BCUT2D eigenvalue weighted by Gasteiger charge is -2.11. The highest BCUT2D eigenvalue weighted by atomic mass is 35.5. The van der Waals surface area contributed by atoms with Crippen LogP contribution in [0.2, 0.25) is 10.0 Å². The maximum atomic E-state index is 12.7. The number of ether oxygens (including phenoxy) is 2. The number of hydrogen-bond acceptors (Lipinski definition) is 6. The van der Waals surface area contributed by atoms with E-state index < -0.39 is 17.8 Å². The van der Waals surface area contributed by atoms with E-state index in [1.165, 1.54) is 14.2 Å². The Kier molecular flexibility index (Phi) is 7.92. The van der Waals surface area contributed by atoms with Crippen LogP contribution < -0.4 is 5.32 Å². The van der Waals surface area contributed by atoms with Gasteiger partial charge in [0.15, 0.2) is 0 Å². The van der Waals surface area contributed by atoms with Crippen LogP contribution in [0.4, 0.5) is 5.69 Å². The van der Waals surface area contributed by atoms with Crippen molar-refractivity contribution in [2.24, 2.45) is 0 Å². The quantitative estimate of drug-likeness (QED) is 0.403. The fourth-order valence-electron chi connectivity index (χ4n) is 2.08. The van der Waals surface area contributed by atoms with Crippen molar-refractivity contribution in [1.82, 2.24) is 0 Å². The van der Waals surface area contributed by atoms with Gasteiger partial charge in [0.05, 0.1) is 19.8 Å². The van der Waals surface area contributed by atoms with Crippen molar-refractivity contribution in [2.75, 3.05) is 19.5 Å². The minimum atomic E-state index is -0.729. The second kappa shape index (κ2) is 10.2. The van der Waals surface area contributed by atoms with Crippen molar-refractivity contribution in [3.05, 3.63) is 69.1 Å². The molecule has 0 radical (unpaired) electrons. The molecule has 28 heavy (non-hydrogen) atoms. The van der Waals surface area contributed by atoms with Gasteiger partial charge in [-0.1, -0.05) is 47.1 Å². The topological polar surface area (TPSA) is 81.7 Å². The zero-order chi connectivity index (χ0) is 20.7. The van der Waals surface area contributed by atoms with Gasteiger partial charge in [-0.05, 0) is 30.3 Å². The molecule has 0 aliphatic carbocycles. The van der Waals surface area contributed by atoms with Gasteiger partial charge in [-0.3, -0.25) is 4.79 Å². The van der Waals surface area contributed by atoms with Crippen LogP contribution in [0.1, 0.15) is 10.4 Å². The van der Waals surface area contributed by atoms with Crippen molar-refractivity contribution in [3.8, 4) is 0 Å². The van der Waals surface area contributed by atoms with Crippen LogP contribution in [0.3, 0.4) is 0 Å². The van der Waals surface area contributed by atoms with E-state index in [0.717, 1.165) is 17.8 Å². The molecular formula is C19H15Cl2NO5S. The lowest BCUT2D eigenvalue weighted by atomic mass is 10.2. The molecule has 2 aromatic rings. The summed E-state index contributed by atoms with van der Waals surface area (Å²) in [5.74, 6) is -1.89. The fraction of sp³-hybridized carbons (Fsp3) is 0.105. The van der Waals surface area contributed by atoms with Crippen molar-refractivity contribution < 1.29 is 23.9 Å². The van der Waals surface area contributed by atoms with Gasteiger partial charge < -0.3 is 14.8 Å². The summed E-state index contributed by atoms with van der Waals surface area (Å²) < 4.78 is 9.24. The summed E-state index contributed by atoms with van der Waals surface area (Å²) in [4.78, 5) is 36.6. The second-order valence-electron chi connectivity index (χ2n) is 5.23. The minimum Gasteiger partial charge on any atom is -0.466 e. The number of rotatable bonds is 6. The molecule has 9 heteroatoms. The summed E-state index contributed by atoms with van der Waals surface area (Å²) in [5, 5.41) is 3.45. The summed E-state index contributed by atoms with van der Waals surface area (Å²) >= 11 is 12.8. The molecule has 2 aromatic carbocycles. The highest BCUT2D eigenvalue weighted by Gasteiger charge is 2.19. The first kappa shape index (κ1) is 21.8. The highest BCUT2D eigenvalue weighted by molar-refractivity contribution is 8.04. The predicted molar refractivity (Wildman–Crippen MR) is 109 cm³/mol. The number of amides is 1. The highest BCUT2D eigenvalue weighted by Crippen LogP contribution is 2.31. The van der Waals surface area contributed by atoms with E-state index in [1.807, 2.05) is 0 Å². The SMILES string of the molecule is COC(=O)/C=C(\Sc1ccccc1C(=O)Nc1cc(Cl)cc(Cl)c1)C(=O)OC. The molecule has 0 aliphatic rings. The second-order valence-corrected chi connectivity index (χ2v) is 7.19. The summed E-state index contributed by atoms with van der Waals surface area (Å²) in [7, 11) is 2.38. The molecule has 0 aromatic heterocycles. The number of thioether (sulfide) groups is 1. The Morgan fingerprint density at radius 3 is 2.25 bits per heavy atom. The summed E-state index contributed by atoms with van der Waals surface area (Å²) in [5.41, 5.74) is 0.698. The van der Waals surface area contributed by atoms with E-state index in [9.17, 15) is 14.4 Å². The van der Waals surface area contributed by atoms with E-state index in [2.05, 4.69) is 14.8 Å². The van der Waals surface area contributed by atoms with E-state index >= 15 is 0 Å². The van der Waals surface area contributed by atoms with Crippen LogP contribution in [-0.2, 0) is 19.1 Å². The van der Waals surface area contributed by atoms with Gasteiger partial charge in [-0.2, -0.15) is 0 Å². The lowest BCUT2D eigenvalue weighted by molar-refractivity contribution is -0.137. The molecule has 2 rings (SSSR count). The standard InChI is InChI=1S/C19H15Cl2NO5S/c1-26-17(23)10-16(19(25)27-2)28-15-6-4-3-5-14(15)18(24)22-13-8-11(20)7-12(21)9-13/h3-10H,1-2H3,(H,22,24)/b16-10-. The lowest BCUT2D eigenvalue weighted by Crippen LogP contribution is -2.13. The van der Waals surface area contributed by atoms with Crippen molar-refractivity contribution in [2.45, 2.75) is 4.90 Å². The van der Waals surface area contributed by atoms with Gasteiger partial charge in [0, 0.05) is 26.7 Å². The molecule has 0 bridgehead atoms. The van der Waals surface area contributed by atoms with Crippen LogP contribution in [-0.4, -0.2) is 32.1 Å². The van der Waals surface area contributed by atoms with Gasteiger partial charge in [0.25, 0.3) is 5.91 Å². The van der Waals surface area contributed by atoms with E-state index in [4.69, 9.17) is 23.2 Å². The van der Waals surface area contributed by atoms with Crippen molar-refractivity contribution in [3.63, 3.8) is 0 Å². The Morgan fingerprint density at radius 2 is 1.64 bits per heavy atom. The predicted octanol–water partition coefficient (Wildman–Crippen LogP) is 4.57. The molecule has 0 heterocycles. The molecular weight excluding hydrogens is 425 g/mol. The first-order chi connectivity index (χ1) is 13.3. The molecule has 1 N–H and O–H groups in total. The maximum absolute atomic E-state index is 12.7. The Morgan fingerprint density at radius 1 is 1.00 bits per heavy atom. The summed E-state index contributed by atoms with van der Waals surface area (Å²) in [6.07, 6.45) is 1.00. The van der Waals surface area contributed by atoms with Crippen LogP contribution >= 0.6 is 35.0 Å². The first-order valence-corrected chi connectivity index (χ1v) is 9.33. The number of nitrogens with one attached hydrogen (secondary N) is 1. The average molecular weight is 440 g/mol. The Labute approximate surface area is 175 Å². The molecule has 1 amide bonds. The van der Waals surface area contributed by atoms with Gasteiger partial charge in [0.1, 0.15) is 4.91 Å². The maximum Gasteiger partial charge on any atom is 0.344 e. The summed E-state index contributed by atoms with van der Waals surface area (Å²) in [6, 6.07) is 11.2. The number of anilines is 1. The molecule has 0 atom stereocenters. The largest absolute Gasteiger partial charge is 0.466 e. The molecule has 6 nitrogen and oxygen atoms in total. The molecule has 0 fully saturated rings. The Bertz CT molecular complexity index is 925. The first-order valence-electron chi connectivity index (χ1n) is 7.76. The number of carbonyl (C=O) groups is 3. The number of esters is 2. The zero-order valence-corrected chi connectivity index (χ0v) is 17.2. The van der Waals surface area contributed by atoms with Gasteiger partial charge in [-0.15, -0.1) is 0 Å². The van der Waals surface area contributed by atoms with E-state index in [1.54, 1.807) is 42.5 Å². The molecule has 0 aliphatic heterocycles. The zero-order valence-electron chi connectivity index (χ0n) is 14.8. The van der Waals surface area contributed by atoms with Gasteiger partial charge >= 0.3 is 11.9 Å². The Hall–Kier alpha value is -2.48. The van der Waals surface area contributed by atoms with Gasteiger partial charge in [-0.25, -0.2) is 9.59 Å². The number of carbonyl (C=O) groups excluding carboxylic acids is 3. The summed E-state index contributed by atoms with van der Waals surface area (Å²) in [6.45, 7) is 0. The monoisotopic (exact) mass is 439 g/mol. The van der Waals surface area contributed by atoms with Crippen molar-refractivity contribution >= 4 is 58.5 Å². The van der Waals surface area contributed by atoms with Crippen LogP contribution in [0.25, 0.3) is 0 Å². The number of methoxy groups -OCH3 is 2. The third-order valence-corrected chi connectivity index (χ3v) is 4.83. The van der Waals surface area contributed by atoms with Crippen LogP contribution in [0.5, 0.6) is 0 Å². The smallest absolute Gasteiger partial charge is 0.344 e. The normalized spacial score (nSPS) is 10.9. The number of halogens is 2. The number of hydrogen-bond donors (Lipinski definition) is 1. The molecule has 146 valence electrons. The molecule has 0 saturated heterocycles. The van der Waals surface area contributed by atoms with Gasteiger partial charge in [0.2, 0.25) is 0 Å². The molecule has 0 spiro atoms. The fourth-order valence-corrected chi connectivity index (χ4v) is 3.58. The third kappa shape index (κ3) is 6.02. The molecule has 0 unspecified atom stereocenters. The molecule has 0 saturated carbocycles. The van der Waals surface area contributed by atoms with E-state index in [0.29, 0.717) is 20.6 Å². The minimum absolute atomic E-state index is 0.0274. The van der Waals surface area contributed by atoms with Crippen LogP contribution in [0, 0.1) is 0 Å². The van der Waals surface area contributed by atoms with Crippen molar-refractivity contribution in [1.29, 1.82) is 0 Å². The Balaban J connectivity index is 2.32. The van der Waals surface area contributed by atoms with E-state index in [-0.39, 0.29) is 10.5 Å².